The van der Waals surface area contributed by atoms with Crippen LogP contribution in [0.15, 0.2) is 52.4 Å². The Hall–Kier alpha value is -4.12. The van der Waals surface area contributed by atoms with Crippen LogP contribution in [0.25, 0.3) is 16.7 Å². The van der Waals surface area contributed by atoms with Crippen LogP contribution in [0.3, 0.4) is 0 Å². The van der Waals surface area contributed by atoms with E-state index in [4.69, 9.17) is 9.15 Å². The third-order valence-electron chi connectivity index (χ3n) is 6.52. The Morgan fingerprint density at radius 3 is 2.59 bits per heavy atom. The third-order valence-corrected chi connectivity index (χ3v) is 8.38. The number of hydrogen-bond acceptors (Lipinski definition) is 8. The van der Waals surface area contributed by atoms with Crippen molar-refractivity contribution >= 4 is 26.9 Å². The summed E-state index contributed by atoms with van der Waals surface area (Å²) in [6.45, 7) is 1.07. The van der Waals surface area contributed by atoms with Crippen LogP contribution in [0.5, 0.6) is 5.88 Å². The van der Waals surface area contributed by atoms with Crippen molar-refractivity contribution < 1.29 is 44.3 Å². The number of nitrogens with one attached hydrogen (secondary N) is 1. The van der Waals surface area contributed by atoms with Gasteiger partial charge in [-0.15, -0.1) is 5.10 Å². The number of furan rings is 1. The van der Waals surface area contributed by atoms with Gasteiger partial charge in [0.05, 0.1) is 31.1 Å². The number of sulfonamides is 1. The molecule has 1 fully saturated rings. The van der Waals surface area contributed by atoms with Gasteiger partial charge in [0.25, 0.3) is 10.0 Å². The molecule has 4 aromatic rings. The Kier molecular flexibility index (Phi) is 7.19. The van der Waals surface area contributed by atoms with Gasteiger partial charge in [-0.2, -0.15) is 17.5 Å². The molecule has 0 unspecified atom stereocenters. The summed E-state index contributed by atoms with van der Waals surface area (Å²) in [4.78, 5) is 19.7. The van der Waals surface area contributed by atoms with Crippen LogP contribution in [-0.4, -0.2) is 63.7 Å². The van der Waals surface area contributed by atoms with Crippen LogP contribution in [0, 0.1) is 5.82 Å². The number of methoxy groups -OCH3 is 1. The molecule has 0 bridgehead atoms. The summed E-state index contributed by atoms with van der Waals surface area (Å²) in [5.74, 6) is -2.76. The monoisotopic (exact) mass is 600 g/mol. The van der Waals surface area contributed by atoms with Gasteiger partial charge in [-0.3, -0.25) is 4.79 Å². The largest absolute Gasteiger partial charge is 0.480 e. The second-order valence-electron chi connectivity index (χ2n) is 9.18. The molecule has 41 heavy (non-hydrogen) atoms. The van der Waals surface area contributed by atoms with E-state index < -0.39 is 63.5 Å². The number of nitrogens with zero attached hydrogens (tertiary/aromatic N) is 5. The Balaban J connectivity index is 1.36. The summed E-state index contributed by atoms with van der Waals surface area (Å²) in [6, 6.07) is 1.87. The van der Waals surface area contributed by atoms with Gasteiger partial charge >= 0.3 is 6.18 Å². The molecule has 5 rings (SSSR count). The van der Waals surface area contributed by atoms with Gasteiger partial charge in [0.2, 0.25) is 22.7 Å². The summed E-state index contributed by atoms with van der Waals surface area (Å²) in [7, 11) is -3.24. The van der Waals surface area contributed by atoms with E-state index in [2.05, 4.69) is 20.4 Å². The summed E-state index contributed by atoms with van der Waals surface area (Å²) in [6.07, 6.45) is -3.67. The van der Waals surface area contributed by atoms with E-state index in [1.165, 1.54) is 26.3 Å². The highest BCUT2D eigenvalue weighted by Crippen LogP contribution is 2.35. The van der Waals surface area contributed by atoms with Gasteiger partial charge < -0.3 is 14.5 Å². The summed E-state index contributed by atoms with van der Waals surface area (Å²) in [5.41, 5.74) is 0.441. The number of carbonyl (C=O) groups excluding carboxylic acids is 1. The lowest BCUT2D eigenvalue weighted by Crippen LogP contribution is -2.48. The zero-order valence-corrected chi connectivity index (χ0v) is 22.1. The standard InChI is InChI=1S/C24H21F5N6O5S/c1-12-17(26)7-18(35(12)41(37,38)20-6-13-5-15(25)3-4-19(13)40-20)21(36)30-8-14-11-34(33-22(14)39-2)16-9-31-23(32-10-16)24(27,28)29/h3-6,9-12,17-18H,7-8H2,1-2H3,(H,30,36)/t12-,17+,18-/m0/s1. The molecule has 0 saturated carbocycles. The average Bonchev–Trinajstić information content (AvgIpc) is 3.62. The molecule has 0 spiro atoms. The number of hydrogen-bond donors (Lipinski definition) is 1. The fraction of sp³-hybridized carbons (Fsp3) is 0.333. The molecule has 1 saturated heterocycles. The van der Waals surface area contributed by atoms with E-state index in [1.807, 2.05) is 0 Å². The van der Waals surface area contributed by atoms with Crippen LogP contribution in [0.4, 0.5) is 22.0 Å². The minimum Gasteiger partial charge on any atom is -0.480 e. The van der Waals surface area contributed by atoms with E-state index in [0.717, 1.165) is 39.6 Å². The first-order valence-electron chi connectivity index (χ1n) is 12.0. The van der Waals surface area contributed by atoms with Gasteiger partial charge in [-0.1, -0.05) is 0 Å². The molecular formula is C24H21F5N6O5S. The van der Waals surface area contributed by atoms with Crippen molar-refractivity contribution in [2.24, 2.45) is 0 Å². The highest BCUT2D eigenvalue weighted by molar-refractivity contribution is 7.89. The molecule has 1 N–H and O–H groups in total. The van der Waals surface area contributed by atoms with Crippen molar-refractivity contribution in [3.8, 4) is 11.6 Å². The Morgan fingerprint density at radius 1 is 1.22 bits per heavy atom. The molecule has 1 aliphatic heterocycles. The number of amides is 1. The molecule has 1 aromatic carbocycles. The molecule has 218 valence electrons. The number of carbonyl (C=O) groups is 1. The normalized spacial score (nSPS) is 20.0. The summed E-state index contributed by atoms with van der Waals surface area (Å²) < 4.78 is 106. The summed E-state index contributed by atoms with van der Waals surface area (Å²) in [5, 5.41) is 6.23. The van der Waals surface area contributed by atoms with Crippen LogP contribution < -0.4 is 10.1 Å². The van der Waals surface area contributed by atoms with Gasteiger partial charge in [0.1, 0.15) is 29.3 Å². The van der Waals surface area contributed by atoms with E-state index in [-0.39, 0.29) is 34.6 Å². The second kappa shape index (κ2) is 10.4. The first-order chi connectivity index (χ1) is 19.3. The minimum absolute atomic E-state index is 0.00680. The molecule has 0 aliphatic carbocycles. The maximum absolute atomic E-state index is 14.8. The van der Waals surface area contributed by atoms with E-state index >= 15 is 0 Å². The lowest BCUT2D eigenvalue weighted by atomic mass is 10.1. The quantitative estimate of drug-likeness (QED) is 0.320. The number of alkyl halides is 4. The highest BCUT2D eigenvalue weighted by Gasteiger charge is 2.50. The number of ether oxygens (including phenoxy) is 1. The molecule has 17 heteroatoms. The van der Waals surface area contributed by atoms with Crippen LogP contribution >= 0.6 is 0 Å². The SMILES string of the molecule is COc1nn(-c2cnc(C(F)(F)F)nc2)cc1CNC(=O)[C@@H]1C[C@@H](F)[C@H](C)N1S(=O)(=O)c1cc2cc(F)ccc2o1. The number of aromatic nitrogens is 4. The van der Waals surface area contributed by atoms with Crippen molar-refractivity contribution in [2.45, 2.75) is 49.4 Å². The number of halogens is 5. The highest BCUT2D eigenvalue weighted by atomic mass is 32.2. The van der Waals surface area contributed by atoms with Crippen molar-refractivity contribution in [2.75, 3.05) is 7.11 Å². The van der Waals surface area contributed by atoms with Crippen molar-refractivity contribution in [3.05, 3.63) is 60.1 Å². The lowest BCUT2D eigenvalue weighted by Gasteiger charge is -2.25. The topological polar surface area (TPSA) is 132 Å². The van der Waals surface area contributed by atoms with E-state index in [9.17, 15) is 35.2 Å². The van der Waals surface area contributed by atoms with Crippen LogP contribution in [0.1, 0.15) is 24.7 Å². The number of benzene rings is 1. The smallest absolute Gasteiger partial charge is 0.451 e. The lowest BCUT2D eigenvalue weighted by molar-refractivity contribution is -0.145. The zero-order chi connectivity index (χ0) is 29.7. The Morgan fingerprint density at radius 2 is 1.93 bits per heavy atom. The van der Waals surface area contributed by atoms with Crippen molar-refractivity contribution in [1.82, 2.24) is 29.4 Å². The first kappa shape index (κ1) is 28.4. The Labute approximate surface area is 229 Å². The molecule has 11 nitrogen and oxygen atoms in total. The van der Waals surface area contributed by atoms with Crippen LogP contribution in [-0.2, 0) is 27.5 Å². The maximum atomic E-state index is 14.8. The average molecular weight is 601 g/mol. The fourth-order valence-corrected chi connectivity index (χ4v) is 6.26. The van der Waals surface area contributed by atoms with Gasteiger partial charge in [-0.05, 0) is 25.1 Å². The molecule has 3 atom stereocenters. The third kappa shape index (κ3) is 5.33. The predicted molar refractivity (Wildman–Crippen MR) is 131 cm³/mol. The zero-order valence-electron chi connectivity index (χ0n) is 21.3. The van der Waals surface area contributed by atoms with Gasteiger partial charge in [0.15, 0.2) is 0 Å². The maximum Gasteiger partial charge on any atom is 0.451 e. The number of rotatable bonds is 7. The molecule has 1 aliphatic rings. The number of fused-ring (bicyclic) bond motifs is 1. The second-order valence-corrected chi connectivity index (χ2v) is 11.0. The molecular weight excluding hydrogens is 579 g/mol. The molecule has 0 radical (unpaired) electrons. The Bertz CT molecular complexity index is 1710. The molecule has 1 amide bonds. The molecule has 3 aromatic heterocycles. The van der Waals surface area contributed by atoms with Gasteiger partial charge in [-0.25, -0.2) is 31.8 Å². The first-order valence-corrected chi connectivity index (χ1v) is 13.4. The predicted octanol–water partition coefficient (Wildman–Crippen LogP) is 3.38. The van der Waals surface area contributed by atoms with E-state index in [0.29, 0.717) is 0 Å². The fourth-order valence-electron chi connectivity index (χ4n) is 4.49. The summed E-state index contributed by atoms with van der Waals surface area (Å²) >= 11 is 0. The minimum atomic E-state index is -4.73. The van der Waals surface area contributed by atoms with E-state index in [1.54, 1.807) is 0 Å². The molecule has 4 heterocycles. The van der Waals surface area contributed by atoms with Crippen LogP contribution in [0.2, 0.25) is 0 Å². The van der Waals surface area contributed by atoms with Crippen molar-refractivity contribution in [3.63, 3.8) is 0 Å². The van der Waals surface area contributed by atoms with Crippen molar-refractivity contribution in [1.29, 1.82) is 0 Å². The van der Waals surface area contributed by atoms with Gasteiger partial charge in [0, 0.05) is 30.6 Å².